The number of hydrogen-bond donors (Lipinski definition) is 1. The van der Waals surface area contributed by atoms with E-state index in [-0.39, 0.29) is 6.61 Å². The van der Waals surface area contributed by atoms with E-state index in [1.54, 1.807) is 0 Å². The van der Waals surface area contributed by atoms with Crippen LogP contribution in [0.5, 0.6) is 0 Å². The van der Waals surface area contributed by atoms with Crippen molar-refractivity contribution in [3.8, 4) is 0 Å². The van der Waals surface area contributed by atoms with Crippen molar-refractivity contribution in [2.45, 2.75) is 12.8 Å². The minimum absolute atomic E-state index is 0.0419. The van der Waals surface area contributed by atoms with Gasteiger partial charge in [-0.05, 0) is 11.1 Å². The summed E-state index contributed by atoms with van der Waals surface area (Å²) in [7, 11) is -2.80. The van der Waals surface area contributed by atoms with Gasteiger partial charge in [0, 0.05) is 16.8 Å². The van der Waals surface area contributed by atoms with Crippen LogP contribution >= 0.6 is 7.14 Å². The van der Waals surface area contributed by atoms with E-state index in [1.807, 2.05) is 84.9 Å². The molecule has 0 saturated carbocycles. The molecule has 3 aromatic carbocycles. The van der Waals surface area contributed by atoms with Crippen molar-refractivity contribution in [2.24, 2.45) is 0 Å². The van der Waals surface area contributed by atoms with Gasteiger partial charge in [-0.25, -0.2) is 0 Å². The number of aliphatic hydroxyl groups excluding tert-OH is 1. The first kappa shape index (κ1) is 15.7. The molecule has 0 saturated heterocycles. The van der Waals surface area contributed by atoms with Gasteiger partial charge in [-0.2, -0.15) is 0 Å². The fraction of sp³-hybridized carbons (Fsp3) is 0.100. The van der Waals surface area contributed by atoms with Crippen molar-refractivity contribution in [2.75, 3.05) is 0 Å². The van der Waals surface area contributed by atoms with E-state index in [9.17, 15) is 9.67 Å². The third-order valence-electron chi connectivity index (χ3n) is 4.03. The Morgan fingerprint density at radius 1 is 0.652 bits per heavy atom. The minimum atomic E-state index is -2.80. The van der Waals surface area contributed by atoms with E-state index in [1.165, 1.54) is 0 Å². The Balaban J connectivity index is 2.12. The maximum atomic E-state index is 14.0. The SMILES string of the molecule is O=P(Cc1ccccc1CO)(c1ccccc1)c1ccccc1. The third-order valence-corrected chi connectivity index (χ3v) is 7.08. The molecule has 0 spiro atoms. The zero-order valence-corrected chi connectivity index (χ0v) is 13.7. The van der Waals surface area contributed by atoms with Gasteiger partial charge in [0.05, 0.1) is 6.61 Å². The summed E-state index contributed by atoms with van der Waals surface area (Å²) in [5, 5.41) is 11.3. The zero-order chi connectivity index (χ0) is 16.1. The summed E-state index contributed by atoms with van der Waals surface area (Å²) in [5.41, 5.74) is 1.77. The van der Waals surface area contributed by atoms with Crippen LogP contribution in [0.4, 0.5) is 0 Å². The number of benzene rings is 3. The standard InChI is InChI=1S/C20H19O2P/c21-15-17-9-7-8-10-18(17)16-23(22,19-11-3-1-4-12-19)20-13-5-2-6-14-20/h1-14,21H,15-16H2. The molecule has 1 N–H and O–H groups in total. The third kappa shape index (κ3) is 3.29. The maximum Gasteiger partial charge on any atom is 0.147 e. The fourth-order valence-electron chi connectivity index (χ4n) is 2.78. The normalized spacial score (nSPS) is 11.3. The van der Waals surface area contributed by atoms with Gasteiger partial charge in [0.1, 0.15) is 7.14 Å². The van der Waals surface area contributed by atoms with Gasteiger partial charge in [0.25, 0.3) is 0 Å². The molecule has 0 fully saturated rings. The van der Waals surface area contributed by atoms with Crippen LogP contribution in [0.2, 0.25) is 0 Å². The molecule has 3 heteroatoms. The van der Waals surface area contributed by atoms with Gasteiger partial charge in [-0.1, -0.05) is 84.9 Å². The molecule has 0 heterocycles. The first-order valence-corrected chi connectivity index (χ1v) is 9.51. The lowest BCUT2D eigenvalue weighted by molar-refractivity contribution is 0.281. The minimum Gasteiger partial charge on any atom is -0.392 e. The Hall–Kier alpha value is -2.15. The first-order chi connectivity index (χ1) is 11.2. The largest absolute Gasteiger partial charge is 0.392 e. The van der Waals surface area contributed by atoms with Crippen LogP contribution < -0.4 is 10.6 Å². The molecule has 0 amide bonds. The molecule has 0 atom stereocenters. The van der Waals surface area contributed by atoms with Gasteiger partial charge < -0.3 is 9.67 Å². The summed E-state index contributed by atoms with van der Waals surface area (Å²) < 4.78 is 14.0. The molecule has 0 bridgehead atoms. The van der Waals surface area contributed by atoms with Gasteiger partial charge in [-0.15, -0.1) is 0 Å². The van der Waals surface area contributed by atoms with Crippen molar-refractivity contribution in [1.82, 2.24) is 0 Å². The highest BCUT2D eigenvalue weighted by molar-refractivity contribution is 7.78. The monoisotopic (exact) mass is 322 g/mol. The Kier molecular flexibility index (Phi) is 4.76. The van der Waals surface area contributed by atoms with E-state index < -0.39 is 7.14 Å². The van der Waals surface area contributed by atoms with E-state index in [0.717, 1.165) is 21.7 Å². The van der Waals surface area contributed by atoms with Gasteiger partial charge in [0.2, 0.25) is 0 Å². The second kappa shape index (κ2) is 6.95. The highest BCUT2D eigenvalue weighted by Gasteiger charge is 2.28. The predicted octanol–water partition coefficient (Wildman–Crippen LogP) is 3.69. The van der Waals surface area contributed by atoms with Crippen LogP contribution in [-0.2, 0) is 17.3 Å². The molecule has 2 nitrogen and oxygen atoms in total. The van der Waals surface area contributed by atoms with Crippen LogP contribution in [0.3, 0.4) is 0 Å². The molecule has 0 radical (unpaired) electrons. The summed E-state index contributed by atoms with van der Waals surface area (Å²) in [6.45, 7) is -0.0419. The topological polar surface area (TPSA) is 37.3 Å². The first-order valence-electron chi connectivity index (χ1n) is 7.62. The van der Waals surface area contributed by atoms with Crippen LogP contribution in [0, 0.1) is 0 Å². The average Bonchev–Trinajstić information content (AvgIpc) is 2.63. The molecule has 0 aromatic heterocycles. The van der Waals surface area contributed by atoms with Crippen LogP contribution in [0.15, 0.2) is 84.9 Å². The lowest BCUT2D eigenvalue weighted by Crippen LogP contribution is -2.18. The maximum absolute atomic E-state index is 14.0. The van der Waals surface area contributed by atoms with Crippen LogP contribution in [-0.4, -0.2) is 5.11 Å². The van der Waals surface area contributed by atoms with Gasteiger partial charge >= 0.3 is 0 Å². The van der Waals surface area contributed by atoms with Crippen molar-refractivity contribution in [3.05, 3.63) is 96.1 Å². The lowest BCUT2D eigenvalue weighted by Gasteiger charge is -2.20. The van der Waals surface area contributed by atoms with E-state index >= 15 is 0 Å². The molecule has 116 valence electrons. The van der Waals surface area contributed by atoms with Crippen molar-refractivity contribution in [1.29, 1.82) is 0 Å². The van der Waals surface area contributed by atoms with Crippen molar-refractivity contribution >= 4 is 17.8 Å². The Morgan fingerprint density at radius 2 is 1.09 bits per heavy atom. The molecule has 3 rings (SSSR count). The summed E-state index contributed by atoms with van der Waals surface area (Å²) in [6, 6.07) is 26.9. The van der Waals surface area contributed by atoms with E-state index in [4.69, 9.17) is 0 Å². The van der Waals surface area contributed by atoms with Gasteiger partial charge in [0.15, 0.2) is 0 Å². The quantitative estimate of drug-likeness (QED) is 0.727. The van der Waals surface area contributed by atoms with Crippen molar-refractivity contribution in [3.63, 3.8) is 0 Å². The van der Waals surface area contributed by atoms with Crippen LogP contribution in [0.25, 0.3) is 0 Å². The molecular formula is C20H19O2P. The molecule has 3 aromatic rings. The second-order valence-corrected chi connectivity index (χ2v) is 8.32. The summed E-state index contributed by atoms with van der Waals surface area (Å²) in [6.07, 6.45) is 0.414. The van der Waals surface area contributed by atoms with E-state index in [0.29, 0.717) is 6.16 Å². The Labute approximate surface area is 136 Å². The highest BCUT2D eigenvalue weighted by Crippen LogP contribution is 2.47. The van der Waals surface area contributed by atoms with Crippen LogP contribution in [0.1, 0.15) is 11.1 Å². The van der Waals surface area contributed by atoms with E-state index in [2.05, 4.69) is 0 Å². The lowest BCUT2D eigenvalue weighted by atomic mass is 10.1. The second-order valence-electron chi connectivity index (χ2n) is 5.50. The van der Waals surface area contributed by atoms with Crippen molar-refractivity contribution < 1.29 is 9.67 Å². The number of hydrogen-bond acceptors (Lipinski definition) is 2. The van der Waals surface area contributed by atoms with Gasteiger partial charge in [-0.3, -0.25) is 0 Å². The molecular weight excluding hydrogens is 303 g/mol. The zero-order valence-electron chi connectivity index (χ0n) is 12.8. The molecule has 0 aliphatic carbocycles. The summed E-state index contributed by atoms with van der Waals surface area (Å²) >= 11 is 0. The molecule has 0 aliphatic heterocycles. The smallest absolute Gasteiger partial charge is 0.147 e. The summed E-state index contributed by atoms with van der Waals surface area (Å²) in [5.74, 6) is 0. The Morgan fingerprint density at radius 3 is 1.57 bits per heavy atom. The number of rotatable bonds is 5. The number of aliphatic hydroxyl groups is 1. The fourth-order valence-corrected chi connectivity index (χ4v) is 5.53. The predicted molar refractivity (Wildman–Crippen MR) is 95.8 cm³/mol. The molecule has 0 aliphatic rings. The average molecular weight is 322 g/mol. The Bertz CT molecular complexity index is 770. The molecule has 23 heavy (non-hydrogen) atoms. The highest BCUT2D eigenvalue weighted by atomic mass is 31.2. The molecule has 0 unspecified atom stereocenters. The summed E-state index contributed by atoms with van der Waals surface area (Å²) in [4.78, 5) is 0.